The summed E-state index contributed by atoms with van der Waals surface area (Å²) in [5, 5.41) is 0. The van der Waals surface area contributed by atoms with Crippen LogP contribution in [0.25, 0.3) is 0 Å². The Hall–Kier alpha value is -1.57. The van der Waals surface area contributed by atoms with E-state index < -0.39 is 0 Å². The van der Waals surface area contributed by atoms with Crippen molar-refractivity contribution in [1.29, 1.82) is 0 Å². The lowest BCUT2D eigenvalue weighted by molar-refractivity contribution is -0.134. The number of benzene rings is 1. The number of rotatable bonds is 1. The van der Waals surface area contributed by atoms with Gasteiger partial charge in [-0.3, -0.25) is 0 Å². The Labute approximate surface area is 109 Å². The van der Waals surface area contributed by atoms with Gasteiger partial charge >= 0.3 is 5.97 Å². The molecule has 0 heterocycles. The smallest absolute Gasteiger partial charge is 0.330 e. The average Bonchev–Trinajstić information content (AvgIpc) is 2.57. The summed E-state index contributed by atoms with van der Waals surface area (Å²) in [4.78, 5) is 11.3. The molecule has 0 bridgehead atoms. The van der Waals surface area contributed by atoms with Crippen molar-refractivity contribution >= 4 is 5.97 Å². The van der Waals surface area contributed by atoms with E-state index in [1.807, 2.05) is 0 Å². The van der Waals surface area contributed by atoms with Crippen molar-refractivity contribution in [3.8, 4) is 0 Å². The fraction of sp³-hybridized carbons (Fsp3) is 0.438. The van der Waals surface area contributed by atoms with Gasteiger partial charge in [-0.1, -0.05) is 17.7 Å². The number of fused-ring (bicyclic) bond motifs is 1. The first-order valence-electron chi connectivity index (χ1n) is 6.47. The number of carbonyl (C=O) groups is 1. The third-order valence-corrected chi connectivity index (χ3v) is 3.82. The van der Waals surface area contributed by atoms with Gasteiger partial charge in [0.05, 0.1) is 7.11 Å². The van der Waals surface area contributed by atoms with Crippen molar-refractivity contribution in [2.75, 3.05) is 7.11 Å². The van der Waals surface area contributed by atoms with Crippen molar-refractivity contribution in [1.82, 2.24) is 0 Å². The van der Waals surface area contributed by atoms with Gasteiger partial charge in [0.1, 0.15) is 0 Å². The SMILES string of the molecule is COC(=O)C=C1CCc2c(C)ccc(C)c2CC1. The minimum Gasteiger partial charge on any atom is -0.466 e. The van der Waals surface area contributed by atoms with Crippen LogP contribution >= 0.6 is 0 Å². The van der Waals surface area contributed by atoms with E-state index in [0.717, 1.165) is 25.7 Å². The Morgan fingerprint density at radius 2 is 1.56 bits per heavy atom. The van der Waals surface area contributed by atoms with Gasteiger partial charge in [-0.05, 0) is 61.8 Å². The fourth-order valence-corrected chi connectivity index (χ4v) is 2.69. The number of ether oxygens (including phenoxy) is 1. The molecule has 0 atom stereocenters. The number of esters is 1. The lowest BCUT2D eigenvalue weighted by Crippen LogP contribution is -1.97. The Kier molecular flexibility index (Phi) is 3.85. The van der Waals surface area contributed by atoms with Gasteiger partial charge in [-0.2, -0.15) is 0 Å². The first kappa shape index (κ1) is 12.9. The van der Waals surface area contributed by atoms with Gasteiger partial charge in [0.25, 0.3) is 0 Å². The largest absolute Gasteiger partial charge is 0.466 e. The highest BCUT2D eigenvalue weighted by Gasteiger charge is 2.15. The van der Waals surface area contributed by atoms with E-state index >= 15 is 0 Å². The van der Waals surface area contributed by atoms with Crippen LogP contribution in [0.3, 0.4) is 0 Å². The van der Waals surface area contributed by atoms with Crippen LogP contribution in [0.15, 0.2) is 23.8 Å². The summed E-state index contributed by atoms with van der Waals surface area (Å²) in [7, 11) is 1.43. The van der Waals surface area contributed by atoms with Crippen molar-refractivity contribution in [2.45, 2.75) is 39.5 Å². The zero-order chi connectivity index (χ0) is 13.1. The molecule has 2 rings (SSSR count). The van der Waals surface area contributed by atoms with Gasteiger partial charge in [-0.25, -0.2) is 4.79 Å². The molecule has 0 spiro atoms. The topological polar surface area (TPSA) is 26.3 Å². The number of hydrogen-bond acceptors (Lipinski definition) is 2. The highest BCUT2D eigenvalue weighted by Crippen LogP contribution is 2.28. The number of methoxy groups -OCH3 is 1. The lowest BCUT2D eigenvalue weighted by Gasteiger charge is -2.11. The lowest BCUT2D eigenvalue weighted by atomic mass is 9.94. The zero-order valence-corrected chi connectivity index (χ0v) is 11.4. The molecule has 0 fully saturated rings. The molecule has 0 N–H and O–H groups in total. The number of carbonyl (C=O) groups excluding carboxylic acids is 1. The van der Waals surface area contributed by atoms with Crippen LogP contribution in [0.2, 0.25) is 0 Å². The number of hydrogen-bond donors (Lipinski definition) is 0. The van der Waals surface area contributed by atoms with Crippen LogP contribution in [0.1, 0.15) is 35.1 Å². The number of aryl methyl sites for hydroxylation is 2. The van der Waals surface area contributed by atoms with Crippen LogP contribution in [0.5, 0.6) is 0 Å². The van der Waals surface area contributed by atoms with E-state index in [4.69, 9.17) is 4.74 Å². The average molecular weight is 244 g/mol. The number of allylic oxidation sites excluding steroid dienone is 1. The Morgan fingerprint density at radius 1 is 1.06 bits per heavy atom. The molecule has 0 amide bonds. The molecule has 0 saturated carbocycles. The Morgan fingerprint density at radius 3 is 2.00 bits per heavy atom. The quantitative estimate of drug-likeness (QED) is 0.430. The summed E-state index contributed by atoms with van der Waals surface area (Å²) in [6.45, 7) is 4.35. The van der Waals surface area contributed by atoms with Gasteiger partial charge in [0.2, 0.25) is 0 Å². The van der Waals surface area contributed by atoms with E-state index in [9.17, 15) is 4.79 Å². The van der Waals surface area contributed by atoms with Crippen LogP contribution in [0.4, 0.5) is 0 Å². The van der Waals surface area contributed by atoms with E-state index in [1.54, 1.807) is 6.08 Å². The van der Waals surface area contributed by atoms with Gasteiger partial charge in [-0.15, -0.1) is 0 Å². The maximum absolute atomic E-state index is 11.3. The van der Waals surface area contributed by atoms with Crippen molar-refractivity contribution in [3.63, 3.8) is 0 Å². The molecular formula is C16H20O2. The Bertz CT molecular complexity index is 463. The van der Waals surface area contributed by atoms with Crippen LogP contribution < -0.4 is 0 Å². The summed E-state index contributed by atoms with van der Waals surface area (Å²) in [6.07, 6.45) is 5.66. The van der Waals surface area contributed by atoms with Gasteiger partial charge in [0.15, 0.2) is 0 Å². The fourth-order valence-electron chi connectivity index (χ4n) is 2.69. The minimum absolute atomic E-state index is 0.232. The standard InChI is InChI=1S/C16H20O2/c1-11-4-5-12(2)15-9-7-13(6-8-14(11)15)10-16(17)18-3/h4-5,10H,6-9H2,1-3H3. The van der Waals surface area contributed by atoms with E-state index in [-0.39, 0.29) is 5.97 Å². The Balaban J connectivity index is 2.27. The summed E-state index contributed by atoms with van der Waals surface area (Å²) in [6, 6.07) is 4.40. The minimum atomic E-state index is -0.232. The molecule has 1 aromatic carbocycles. The molecular weight excluding hydrogens is 224 g/mol. The van der Waals surface area contributed by atoms with Crippen molar-refractivity contribution in [3.05, 3.63) is 46.0 Å². The van der Waals surface area contributed by atoms with Gasteiger partial charge < -0.3 is 4.74 Å². The summed E-state index contributed by atoms with van der Waals surface area (Å²) < 4.78 is 4.70. The van der Waals surface area contributed by atoms with Crippen molar-refractivity contribution in [2.24, 2.45) is 0 Å². The second kappa shape index (κ2) is 5.38. The highest BCUT2D eigenvalue weighted by molar-refractivity contribution is 5.82. The second-order valence-corrected chi connectivity index (χ2v) is 4.98. The first-order valence-corrected chi connectivity index (χ1v) is 6.47. The molecule has 96 valence electrons. The highest BCUT2D eigenvalue weighted by atomic mass is 16.5. The van der Waals surface area contributed by atoms with Crippen LogP contribution in [0, 0.1) is 13.8 Å². The predicted octanol–water partition coefficient (Wildman–Crippen LogP) is 3.28. The molecule has 0 radical (unpaired) electrons. The van der Waals surface area contributed by atoms with E-state index in [2.05, 4.69) is 26.0 Å². The zero-order valence-electron chi connectivity index (χ0n) is 11.4. The monoisotopic (exact) mass is 244 g/mol. The molecule has 2 nitrogen and oxygen atoms in total. The maximum Gasteiger partial charge on any atom is 0.330 e. The summed E-state index contributed by atoms with van der Waals surface area (Å²) in [5.41, 5.74) is 6.90. The maximum atomic E-state index is 11.3. The molecule has 2 heteroatoms. The summed E-state index contributed by atoms with van der Waals surface area (Å²) >= 11 is 0. The molecule has 18 heavy (non-hydrogen) atoms. The van der Waals surface area contributed by atoms with E-state index in [0.29, 0.717) is 0 Å². The second-order valence-electron chi connectivity index (χ2n) is 4.98. The van der Waals surface area contributed by atoms with Crippen molar-refractivity contribution < 1.29 is 9.53 Å². The molecule has 1 aliphatic rings. The van der Waals surface area contributed by atoms with E-state index in [1.165, 1.54) is 34.9 Å². The molecule has 1 aromatic rings. The predicted molar refractivity (Wildman–Crippen MR) is 72.7 cm³/mol. The van der Waals surface area contributed by atoms with Crippen LogP contribution in [-0.4, -0.2) is 13.1 Å². The third kappa shape index (κ3) is 2.63. The molecule has 0 aliphatic heterocycles. The molecule has 0 aromatic heterocycles. The normalized spacial score (nSPS) is 14.7. The summed E-state index contributed by atoms with van der Waals surface area (Å²) in [5.74, 6) is -0.232. The van der Waals surface area contributed by atoms with Gasteiger partial charge in [0, 0.05) is 6.08 Å². The molecule has 1 aliphatic carbocycles. The first-order chi connectivity index (χ1) is 8.61. The van der Waals surface area contributed by atoms with Crippen LogP contribution in [-0.2, 0) is 22.4 Å². The third-order valence-electron chi connectivity index (χ3n) is 3.82. The molecule has 0 saturated heterocycles. The molecule has 0 unspecified atom stereocenters.